The summed E-state index contributed by atoms with van der Waals surface area (Å²) in [5.41, 5.74) is 1.78. The Hall–Kier alpha value is -1.36. The zero-order valence-electron chi connectivity index (χ0n) is 12.6. The van der Waals surface area contributed by atoms with E-state index in [0.717, 1.165) is 16.5 Å². The maximum atomic E-state index is 12.0. The highest BCUT2D eigenvalue weighted by Crippen LogP contribution is 2.27. The molecule has 2 aromatic rings. The van der Waals surface area contributed by atoms with Gasteiger partial charge in [-0.2, -0.15) is 11.8 Å². The molecule has 0 fully saturated rings. The van der Waals surface area contributed by atoms with Crippen LogP contribution in [0.1, 0.15) is 12.0 Å². The highest BCUT2D eigenvalue weighted by molar-refractivity contribution is 7.98. The number of hydrogen-bond acceptors (Lipinski definition) is 3. The molecular weight excluding hydrogens is 353 g/mol. The summed E-state index contributed by atoms with van der Waals surface area (Å²) in [6.07, 6.45) is 0.425. The molecule has 0 atom stereocenters. The van der Waals surface area contributed by atoms with E-state index in [1.807, 2.05) is 24.3 Å². The molecule has 0 spiro atoms. The van der Waals surface area contributed by atoms with E-state index in [0.29, 0.717) is 22.9 Å². The first kappa shape index (κ1) is 18.0. The van der Waals surface area contributed by atoms with Crippen molar-refractivity contribution in [3.05, 3.63) is 58.1 Å². The minimum absolute atomic E-state index is 0.0610. The molecule has 1 N–H and O–H groups in total. The van der Waals surface area contributed by atoms with Crippen molar-refractivity contribution in [3.8, 4) is 5.75 Å². The van der Waals surface area contributed by atoms with E-state index >= 15 is 0 Å². The quantitative estimate of drug-likeness (QED) is 0.676. The van der Waals surface area contributed by atoms with Gasteiger partial charge in [-0.25, -0.2) is 0 Å². The Morgan fingerprint density at radius 1 is 1.13 bits per heavy atom. The third-order valence-corrected chi connectivity index (χ3v) is 4.61. The third kappa shape index (κ3) is 5.98. The number of benzene rings is 2. The van der Waals surface area contributed by atoms with Gasteiger partial charge in [-0.1, -0.05) is 35.3 Å². The van der Waals surface area contributed by atoms with E-state index in [1.54, 1.807) is 37.1 Å². The van der Waals surface area contributed by atoms with Gasteiger partial charge in [0.2, 0.25) is 5.91 Å². The lowest BCUT2D eigenvalue weighted by Gasteiger charge is -2.10. The minimum atomic E-state index is -0.0610. The topological polar surface area (TPSA) is 38.3 Å². The number of methoxy groups -OCH3 is 1. The smallest absolute Gasteiger partial charge is 0.225 e. The number of anilines is 1. The summed E-state index contributed by atoms with van der Waals surface area (Å²) in [4.78, 5) is 12.0. The number of thioether (sulfide) groups is 1. The van der Waals surface area contributed by atoms with Crippen molar-refractivity contribution in [3.63, 3.8) is 0 Å². The number of rotatable bonds is 7. The standard InChI is InChI=1S/C17H17Cl2NO2S/c1-22-16-7-6-14(19)10-15(16)20-17(21)8-9-23-11-12-2-4-13(18)5-3-12/h2-7,10H,8-9,11H2,1H3,(H,20,21). The Labute approximate surface area is 150 Å². The Morgan fingerprint density at radius 3 is 2.52 bits per heavy atom. The summed E-state index contributed by atoms with van der Waals surface area (Å²) < 4.78 is 5.20. The van der Waals surface area contributed by atoms with Crippen molar-refractivity contribution in [1.29, 1.82) is 0 Å². The molecule has 0 aliphatic carbocycles. The minimum Gasteiger partial charge on any atom is -0.495 e. The molecule has 3 nitrogen and oxygen atoms in total. The van der Waals surface area contributed by atoms with Gasteiger partial charge in [-0.05, 0) is 35.9 Å². The Kier molecular flexibility index (Phi) is 7.09. The van der Waals surface area contributed by atoms with Gasteiger partial charge in [0.1, 0.15) is 5.75 Å². The van der Waals surface area contributed by atoms with Gasteiger partial charge in [0.05, 0.1) is 12.8 Å². The number of halogens is 2. The summed E-state index contributed by atoms with van der Waals surface area (Å²) in [7, 11) is 1.56. The highest BCUT2D eigenvalue weighted by Gasteiger charge is 2.08. The fraction of sp³-hybridized carbons (Fsp3) is 0.235. The highest BCUT2D eigenvalue weighted by atomic mass is 35.5. The maximum Gasteiger partial charge on any atom is 0.225 e. The predicted octanol–water partition coefficient (Wildman–Crippen LogP) is 5.26. The van der Waals surface area contributed by atoms with Gasteiger partial charge in [0.15, 0.2) is 0 Å². The molecule has 6 heteroatoms. The van der Waals surface area contributed by atoms with E-state index in [9.17, 15) is 4.79 Å². The first-order valence-corrected chi connectivity index (χ1v) is 8.95. The van der Waals surface area contributed by atoms with E-state index in [4.69, 9.17) is 27.9 Å². The largest absolute Gasteiger partial charge is 0.495 e. The second-order valence-electron chi connectivity index (χ2n) is 4.82. The van der Waals surface area contributed by atoms with Crippen LogP contribution in [0, 0.1) is 0 Å². The molecule has 1 amide bonds. The molecular formula is C17H17Cl2NO2S. The van der Waals surface area contributed by atoms with E-state index in [2.05, 4.69) is 5.32 Å². The lowest BCUT2D eigenvalue weighted by Crippen LogP contribution is -2.13. The van der Waals surface area contributed by atoms with E-state index in [1.165, 1.54) is 5.56 Å². The van der Waals surface area contributed by atoms with Crippen LogP contribution in [0.15, 0.2) is 42.5 Å². The van der Waals surface area contributed by atoms with Crippen LogP contribution in [0.4, 0.5) is 5.69 Å². The molecule has 0 saturated heterocycles. The molecule has 0 aliphatic heterocycles. The fourth-order valence-corrected chi connectivity index (χ4v) is 3.13. The van der Waals surface area contributed by atoms with Crippen LogP contribution in [-0.2, 0) is 10.5 Å². The van der Waals surface area contributed by atoms with Crippen molar-refractivity contribution in [2.45, 2.75) is 12.2 Å². The molecule has 0 heterocycles. The van der Waals surface area contributed by atoms with E-state index < -0.39 is 0 Å². The molecule has 0 saturated carbocycles. The first-order chi connectivity index (χ1) is 11.1. The van der Waals surface area contributed by atoms with Crippen LogP contribution < -0.4 is 10.1 Å². The molecule has 122 valence electrons. The lowest BCUT2D eigenvalue weighted by atomic mass is 10.2. The van der Waals surface area contributed by atoms with Crippen molar-refractivity contribution in [1.82, 2.24) is 0 Å². The van der Waals surface area contributed by atoms with Crippen LogP contribution >= 0.6 is 35.0 Å². The van der Waals surface area contributed by atoms with Crippen molar-refractivity contribution in [2.24, 2.45) is 0 Å². The molecule has 0 aromatic heterocycles. The molecule has 2 rings (SSSR count). The van der Waals surface area contributed by atoms with Crippen LogP contribution in [-0.4, -0.2) is 18.8 Å². The third-order valence-electron chi connectivity index (χ3n) is 3.09. The number of nitrogens with one attached hydrogen (secondary N) is 1. The normalized spacial score (nSPS) is 10.4. The molecule has 0 unspecified atom stereocenters. The number of amides is 1. The second-order valence-corrected chi connectivity index (χ2v) is 6.80. The van der Waals surface area contributed by atoms with Gasteiger partial charge in [-0.3, -0.25) is 4.79 Å². The Morgan fingerprint density at radius 2 is 1.83 bits per heavy atom. The molecule has 0 radical (unpaired) electrons. The first-order valence-electron chi connectivity index (χ1n) is 7.04. The summed E-state index contributed by atoms with van der Waals surface area (Å²) >= 11 is 13.5. The summed E-state index contributed by atoms with van der Waals surface area (Å²) in [5.74, 6) is 2.12. The molecule has 2 aromatic carbocycles. The average Bonchev–Trinajstić information content (AvgIpc) is 2.53. The van der Waals surface area contributed by atoms with Gasteiger partial charge in [-0.15, -0.1) is 0 Å². The van der Waals surface area contributed by atoms with Crippen LogP contribution in [0.2, 0.25) is 10.0 Å². The molecule has 0 bridgehead atoms. The zero-order valence-corrected chi connectivity index (χ0v) is 15.0. The molecule has 23 heavy (non-hydrogen) atoms. The zero-order chi connectivity index (χ0) is 16.7. The van der Waals surface area contributed by atoms with Gasteiger partial charge in [0.25, 0.3) is 0 Å². The fourth-order valence-electron chi connectivity index (χ4n) is 1.93. The summed E-state index contributed by atoms with van der Waals surface area (Å²) in [6, 6.07) is 12.9. The van der Waals surface area contributed by atoms with Crippen LogP contribution in [0.25, 0.3) is 0 Å². The number of carbonyl (C=O) groups is 1. The Bertz CT molecular complexity index is 662. The monoisotopic (exact) mass is 369 g/mol. The van der Waals surface area contributed by atoms with Crippen molar-refractivity contribution in [2.75, 3.05) is 18.2 Å². The SMILES string of the molecule is COc1ccc(Cl)cc1NC(=O)CCSCc1ccc(Cl)cc1. The van der Waals surface area contributed by atoms with Gasteiger partial charge >= 0.3 is 0 Å². The summed E-state index contributed by atoms with van der Waals surface area (Å²) in [6.45, 7) is 0. The predicted molar refractivity (Wildman–Crippen MR) is 98.9 cm³/mol. The maximum absolute atomic E-state index is 12.0. The number of ether oxygens (including phenoxy) is 1. The van der Waals surface area contributed by atoms with Gasteiger partial charge < -0.3 is 10.1 Å². The number of carbonyl (C=O) groups excluding carboxylic acids is 1. The molecule has 0 aliphatic rings. The Balaban J connectivity index is 1.77. The van der Waals surface area contributed by atoms with Crippen LogP contribution in [0.3, 0.4) is 0 Å². The summed E-state index contributed by atoms with van der Waals surface area (Å²) in [5, 5.41) is 4.11. The second kappa shape index (κ2) is 9.06. The van der Waals surface area contributed by atoms with Crippen molar-refractivity contribution < 1.29 is 9.53 Å². The van der Waals surface area contributed by atoms with E-state index in [-0.39, 0.29) is 5.91 Å². The van der Waals surface area contributed by atoms with Crippen LogP contribution in [0.5, 0.6) is 5.75 Å². The number of hydrogen-bond donors (Lipinski definition) is 1. The van der Waals surface area contributed by atoms with Crippen molar-refractivity contribution >= 4 is 46.6 Å². The van der Waals surface area contributed by atoms with Gasteiger partial charge in [0, 0.05) is 28.0 Å². The lowest BCUT2D eigenvalue weighted by molar-refractivity contribution is -0.115. The average molecular weight is 370 g/mol.